The second kappa shape index (κ2) is 14.1. The number of carbonyl (C=O) groups excluding carboxylic acids is 3. The summed E-state index contributed by atoms with van der Waals surface area (Å²) in [6.07, 6.45) is -0.753. The van der Waals surface area contributed by atoms with Gasteiger partial charge in [0.25, 0.3) is 5.91 Å². The molecule has 0 heterocycles. The molecule has 0 saturated heterocycles. The van der Waals surface area contributed by atoms with Gasteiger partial charge < -0.3 is 34.3 Å². The van der Waals surface area contributed by atoms with Crippen molar-refractivity contribution in [3.63, 3.8) is 0 Å². The van der Waals surface area contributed by atoms with Crippen LogP contribution in [0.25, 0.3) is 11.1 Å². The third-order valence-electron chi connectivity index (χ3n) is 6.88. The maximum atomic E-state index is 13.2. The summed E-state index contributed by atoms with van der Waals surface area (Å²) in [6.45, 7) is 5.26. The predicted molar refractivity (Wildman–Crippen MR) is 160 cm³/mol. The zero-order valence-corrected chi connectivity index (χ0v) is 25.1. The monoisotopic (exact) mass is 590 g/mol. The average molecular weight is 591 g/mol. The first kappa shape index (κ1) is 31.4. The fraction of sp³-hybridized carbons (Fsp3) is 0.364. The van der Waals surface area contributed by atoms with E-state index in [1.807, 2.05) is 57.2 Å². The summed E-state index contributed by atoms with van der Waals surface area (Å²) in [6, 6.07) is 19.9. The lowest BCUT2D eigenvalue weighted by atomic mass is 9.98. The summed E-state index contributed by atoms with van der Waals surface area (Å²) in [7, 11) is 2.99. The molecule has 4 rings (SSSR count). The van der Waals surface area contributed by atoms with E-state index in [0.717, 1.165) is 22.3 Å². The fourth-order valence-corrected chi connectivity index (χ4v) is 4.69. The number of methoxy groups -OCH3 is 1. The number of hydrogen-bond acceptors (Lipinski definition) is 8. The van der Waals surface area contributed by atoms with Gasteiger partial charge in [-0.2, -0.15) is 0 Å². The highest BCUT2D eigenvalue weighted by atomic mass is 16.6. The van der Waals surface area contributed by atoms with E-state index in [4.69, 9.17) is 23.7 Å². The van der Waals surface area contributed by atoms with Gasteiger partial charge in [-0.15, -0.1) is 0 Å². The SMILES string of the molecule is CNC(=O)COc1ccc(COC(=O)[C@H](COC(C)(C)C)NC(=O)OCC2c3ccccc3-c3ccccc32)c(OC)c1. The molecule has 1 atom stereocenters. The molecule has 228 valence electrons. The number of rotatable bonds is 12. The van der Waals surface area contributed by atoms with Crippen LogP contribution in [0.2, 0.25) is 0 Å². The maximum Gasteiger partial charge on any atom is 0.407 e. The second-order valence-corrected chi connectivity index (χ2v) is 11.0. The second-order valence-electron chi connectivity index (χ2n) is 11.0. The van der Waals surface area contributed by atoms with Gasteiger partial charge in [0.1, 0.15) is 24.7 Å². The van der Waals surface area contributed by atoms with Crippen LogP contribution in [0.3, 0.4) is 0 Å². The fourth-order valence-electron chi connectivity index (χ4n) is 4.69. The number of esters is 1. The highest BCUT2D eigenvalue weighted by Crippen LogP contribution is 2.44. The minimum Gasteiger partial charge on any atom is -0.496 e. The molecular weight excluding hydrogens is 552 g/mol. The normalized spacial score (nSPS) is 12.9. The third kappa shape index (κ3) is 8.26. The Kier molecular flexibility index (Phi) is 10.3. The highest BCUT2D eigenvalue weighted by Gasteiger charge is 2.31. The Bertz CT molecular complexity index is 1400. The van der Waals surface area contributed by atoms with Gasteiger partial charge in [0.05, 0.1) is 19.3 Å². The number of likely N-dealkylation sites (N-methyl/N-ethyl adjacent to an activating group) is 1. The minimum absolute atomic E-state index is 0.104. The number of fused-ring (bicyclic) bond motifs is 3. The predicted octanol–water partition coefficient (Wildman–Crippen LogP) is 4.59. The van der Waals surface area contributed by atoms with Gasteiger partial charge in [0, 0.05) is 24.6 Å². The zero-order valence-electron chi connectivity index (χ0n) is 25.1. The Hall–Kier alpha value is -4.57. The molecule has 0 radical (unpaired) electrons. The van der Waals surface area contributed by atoms with Crippen molar-refractivity contribution in [3.05, 3.63) is 83.4 Å². The van der Waals surface area contributed by atoms with Gasteiger partial charge in [-0.05, 0) is 55.2 Å². The van der Waals surface area contributed by atoms with Crippen LogP contribution in [-0.4, -0.2) is 63.6 Å². The number of hydrogen-bond donors (Lipinski definition) is 2. The molecule has 1 aliphatic rings. The molecule has 0 aliphatic heterocycles. The summed E-state index contributed by atoms with van der Waals surface area (Å²) in [4.78, 5) is 37.6. The smallest absolute Gasteiger partial charge is 0.407 e. The number of alkyl carbamates (subject to hydrolysis) is 1. The van der Waals surface area contributed by atoms with E-state index in [9.17, 15) is 14.4 Å². The molecule has 0 fully saturated rings. The van der Waals surface area contributed by atoms with Crippen molar-refractivity contribution < 1.29 is 38.1 Å². The quantitative estimate of drug-likeness (QED) is 0.294. The third-order valence-corrected chi connectivity index (χ3v) is 6.88. The van der Waals surface area contributed by atoms with Crippen molar-refractivity contribution >= 4 is 18.0 Å². The molecule has 43 heavy (non-hydrogen) atoms. The number of ether oxygens (including phenoxy) is 5. The maximum absolute atomic E-state index is 13.2. The number of nitrogens with one attached hydrogen (secondary N) is 2. The van der Waals surface area contributed by atoms with Gasteiger partial charge in [-0.25, -0.2) is 9.59 Å². The summed E-state index contributed by atoms with van der Waals surface area (Å²) in [5.41, 5.74) is 4.42. The Morgan fingerprint density at radius 3 is 2.16 bits per heavy atom. The molecule has 2 N–H and O–H groups in total. The summed E-state index contributed by atoms with van der Waals surface area (Å²) >= 11 is 0. The van der Waals surface area contributed by atoms with Gasteiger partial charge in [0.2, 0.25) is 0 Å². The molecule has 0 saturated carbocycles. The van der Waals surface area contributed by atoms with Crippen molar-refractivity contribution in [1.82, 2.24) is 10.6 Å². The molecule has 0 unspecified atom stereocenters. The Labute approximate surface area is 251 Å². The topological polar surface area (TPSA) is 121 Å². The molecule has 0 spiro atoms. The lowest BCUT2D eigenvalue weighted by Crippen LogP contribution is -2.46. The van der Waals surface area contributed by atoms with Crippen molar-refractivity contribution in [2.75, 3.05) is 34.0 Å². The van der Waals surface area contributed by atoms with E-state index in [1.54, 1.807) is 18.2 Å². The molecule has 10 nitrogen and oxygen atoms in total. The van der Waals surface area contributed by atoms with Crippen LogP contribution in [0.1, 0.15) is 43.4 Å². The molecule has 0 aromatic heterocycles. The molecule has 3 aromatic carbocycles. The first-order valence-corrected chi connectivity index (χ1v) is 14.0. The van der Waals surface area contributed by atoms with Gasteiger partial charge in [-0.3, -0.25) is 4.79 Å². The summed E-state index contributed by atoms with van der Waals surface area (Å²) in [5.74, 6) is -0.257. The first-order valence-electron chi connectivity index (χ1n) is 14.0. The molecule has 1 aliphatic carbocycles. The molecule has 2 amide bonds. The lowest BCUT2D eigenvalue weighted by molar-refractivity contribution is -0.150. The van der Waals surface area contributed by atoms with E-state index in [1.165, 1.54) is 14.2 Å². The standard InChI is InChI=1S/C33H38N2O8/c1-33(2,3)43-19-28(31(37)41-17-21-14-15-22(16-29(21)39-5)40-20-30(36)34-4)35-32(38)42-18-27-25-12-8-6-10-23(25)24-11-7-9-13-26(24)27/h6-16,27-28H,17-20H2,1-5H3,(H,34,36)(H,35,38)/t28-/m0/s1. The number of amides is 2. The Morgan fingerprint density at radius 1 is 0.907 bits per heavy atom. The Balaban J connectivity index is 1.39. The van der Waals surface area contributed by atoms with Crippen LogP contribution < -0.4 is 20.1 Å². The minimum atomic E-state index is -1.11. The Morgan fingerprint density at radius 2 is 1.56 bits per heavy atom. The summed E-state index contributed by atoms with van der Waals surface area (Å²) in [5, 5.41) is 5.10. The summed E-state index contributed by atoms with van der Waals surface area (Å²) < 4.78 is 27.9. The first-order chi connectivity index (χ1) is 20.6. The van der Waals surface area contributed by atoms with Crippen LogP contribution in [-0.2, 0) is 30.4 Å². The van der Waals surface area contributed by atoms with Gasteiger partial charge >= 0.3 is 12.1 Å². The van der Waals surface area contributed by atoms with Crippen LogP contribution in [0.4, 0.5) is 4.79 Å². The van der Waals surface area contributed by atoms with Crippen molar-refractivity contribution in [1.29, 1.82) is 0 Å². The van der Waals surface area contributed by atoms with Crippen molar-refractivity contribution in [3.8, 4) is 22.6 Å². The van der Waals surface area contributed by atoms with Crippen LogP contribution in [0.5, 0.6) is 11.5 Å². The number of carbonyl (C=O) groups is 3. The average Bonchev–Trinajstić information content (AvgIpc) is 3.32. The van der Waals surface area contributed by atoms with E-state index < -0.39 is 23.7 Å². The van der Waals surface area contributed by atoms with E-state index in [-0.39, 0.29) is 38.3 Å². The molecular formula is C33H38N2O8. The van der Waals surface area contributed by atoms with Crippen molar-refractivity contribution in [2.24, 2.45) is 0 Å². The molecule has 0 bridgehead atoms. The van der Waals surface area contributed by atoms with E-state index in [2.05, 4.69) is 22.8 Å². The van der Waals surface area contributed by atoms with E-state index >= 15 is 0 Å². The van der Waals surface area contributed by atoms with Gasteiger partial charge in [-0.1, -0.05) is 48.5 Å². The van der Waals surface area contributed by atoms with E-state index in [0.29, 0.717) is 17.1 Å². The van der Waals surface area contributed by atoms with Crippen LogP contribution in [0, 0.1) is 0 Å². The van der Waals surface area contributed by atoms with Crippen LogP contribution in [0.15, 0.2) is 66.7 Å². The van der Waals surface area contributed by atoms with Crippen LogP contribution >= 0.6 is 0 Å². The van der Waals surface area contributed by atoms with Crippen molar-refractivity contribution in [2.45, 2.75) is 44.9 Å². The lowest BCUT2D eigenvalue weighted by Gasteiger charge is -2.24. The molecule has 3 aromatic rings. The largest absolute Gasteiger partial charge is 0.496 e. The highest BCUT2D eigenvalue weighted by molar-refractivity contribution is 5.82. The zero-order chi connectivity index (χ0) is 31.0. The van der Waals surface area contributed by atoms with Gasteiger partial charge in [0.15, 0.2) is 12.6 Å². The molecule has 10 heteroatoms. The number of benzene rings is 3.